The van der Waals surface area contributed by atoms with Crippen LogP contribution in [0.2, 0.25) is 0 Å². The molecule has 136 valence electrons. The average molecular weight is 359 g/mol. The predicted octanol–water partition coefficient (Wildman–Crippen LogP) is 1.83. The molecule has 0 bridgehead atoms. The molecule has 0 aliphatic carbocycles. The molecule has 2 aromatic carbocycles. The number of ether oxygens (including phenoxy) is 1. The van der Waals surface area contributed by atoms with Crippen LogP contribution < -0.4 is 5.32 Å². The summed E-state index contributed by atoms with van der Waals surface area (Å²) in [5, 5.41) is 21.9. The Labute approximate surface area is 149 Å². The van der Waals surface area contributed by atoms with Gasteiger partial charge in [-0.15, -0.1) is 0 Å². The molecule has 1 saturated heterocycles. The Morgan fingerprint density at radius 2 is 1.69 bits per heavy atom. The third kappa shape index (κ3) is 4.07. The maximum absolute atomic E-state index is 13.0. The van der Waals surface area contributed by atoms with Gasteiger partial charge < -0.3 is 20.3 Å². The number of carbonyl (C=O) groups excluding carboxylic acids is 1. The first-order valence-electron chi connectivity index (χ1n) is 8.08. The van der Waals surface area contributed by atoms with Crippen molar-refractivity contribution >= 4 is 11.9 Å². The van der Waals surface area contributed by atoms with Crippen molar-refractivity contribution in [3.05, 3.63) is 59.9 Å². The largest absolute Gasteiger partial charge is 0.480 e. The Kier molecular flexibility index (Phi) is 5.01. The summed E-state index contributed by atoms with van der Waals surface area (Å²) < 4.78 is 18.1. The van der Waals surface area contributed by atoms with Crippen LogP contribution in [0.15, 0.2) is 48.5 Å². The number of halogens is 1. The van der Waals surface area contributed by atoms with Gasteiger partial charge in [0, 0.05) is 13.0 Å². The Morgan fingerprint density at radius 1 is 1.12 bits per heavy atom. The molecular formula is C19H18FNO5. The Hall–Kier alpha value is -2.77. The van der Waals surface area contributed by atoms with Crippen molar-refractivity contribution in [3.63, 3.8) is 0 Å². The minimum absolute atomic E-state index is 0.0287. The monoisotopic (exact) mass is 359 g/mol. The van der Waals surface area contributed by atoms with Gasteiger partial charge in [-0.2, -0.15) is 0 Å². The molecule has 2 atom stereocenters. The van der Waals surface area contributed by atoms with Crippen LogP contribution in [0.25, 0.3) is 11.1 Å². The van der Waals surface area contributed by atoms with Crippen molar-refractivity contribution in [1.29, 1.82) is 0 Å². The van der Waals surface area contributed by atoms with Gasteiger partial charge in [0.25, 0.3) is 0 Å². The molecule has 3 N–H and O–H groups in total. The van der Waals surface area contributed by atoms with E-state index in [-0.39, 0.29) is 25.4 Å². The van der Waals surface area contributed by atoms with Crippen LogP contribution in [-0.4, -0.2) is 46.9 Å². The Balaban J connectivity index is 1.60. The van der Waals surface area contributed by atoms with E-state index >= 15 is 0 Å². The highest BCUT2D eigenvalue weighted by Gasteiger charge is 2.41. The number of benzene rings is 2. The van der Waals surface area contributed by atoms with Gasteiger partial charge in [-0.05, 0) is 35.4 Å². The molecule has 0 radical (unpaired) electrons. The third-order valence-electron chi connectivity index (χ3n) is 4.33. The lowest BCUT2D eigenvalue weighted by Gasteiger charge is -2.20. The normalized spacial score (nSPS) is 22.2. The lowest BCUT2D eigenvalue weighted by atomic mass is 10.0. The van der Waals surface area contributed by atoms with Crippen LogP contribution in [0.3, 0.4) is 0 Å². The zero-order chi connectivity index (χ0) is 18.7. The van der Waals surface area contributed by atoms with Gasteiger partial charge in [0.15, 0.2) is 0 Å². The SMILES string of the molecule is O=C(OC[C@@]1(O)CN[C@H](C(=O)O)C1)c1ccc(-c2ccc(F)cc2)cc1. The number of hydrogen-bond acceptors (Lipinski definition) is 5. The highest BCUT2D eigenvalue weighted by Crippen LogP contribution is 2.22. The molecule has 7 heteroatoms. The topological polar surface area (TPSA) is 95.9 Å². The van der Waals surface area contributed by atoms with Gasteiger partial charge in [-0.3, -0.25) is 4.79 Å². The Morgan fingerprint density at radius 3 is 2.23 bits per heavy atom. The minimum Gasteiger partial charge on any atom is -0.480 e. The van der Waals surface area contributed by atoms with Crippen LogP contribution >= 0.6 is 0 Å². The summed E-state index contributed by atoms with van der Waals surface area (Å²) in [5.74, 6) is -1.98. The molecule has 3 rings (SSSR count). The summed E-state index contributed by atoms with van der Waals surface area (Å²) in [5.41, 5.74) is 0.550. The smallest absolute Gasteiger partial charge is 0.338 e. The molecule has 26 heavy (non-hydrogen) atoms. The fraction of sp³-hybridized carbons (Fsp3) is 0.263. The number of nitrogens with one attached hydrogen (secondary N) is 1. The van der Waals surface area contributed by atoms with E-state index in [0.717, 1.165) is 11.1 Å². The lowest BCUT2D eigenvalue weighted by molar-refractivity contribution is -0.139. The van der Waals surface area contributed by atoms with Crippen LogP contribution in [0.1, 0.15) is 16.8 Å². The van der Waals surface area contributed by atoms with Gasteiger partial charge in [0.1, 0.15) is 24.1 Å². The maximum Gasteiger partial charge on any atom is 0.338 e. The second-order valence-electron chi connectivity index (χ2n) is 6.36. The molecule has 1 aliphatic heterocycles. The number of β-amino-alcohol motifs (C(OH)–C–C–N with tert-alkyl or cyclic N) is 1. The number of hydrogen-bond donors (Lipinski definition) is 3. The van der Waals surface area contributed by atoms with Crippen LogP contribution in [0, 0.1) is 5.82 Å². The summed E-state index contributed by atoms with van der Waals surface area (Å²) >= 11 is 0. The van der Waals surface area contributed by atoms with Crippen molar-refractivity contribution in [2.24, 2.45) is 0 Å². The molecule has 6 nitrogen and oxygen atoms in total. The Bertz CT molecular complexity index is 806. The minimum atomic E-state index is -1.40. The average Bonchev–Trinajstić information content (AvgIpc) is 3.04. The molecule has 1 heterocycles. The summed E-state index contributed by atoms with van der Waals surface area (Å²) in [6, 6.07) is 11.8. The first-order valence-corrected chi connectivity index (χ1v) is 8.08. The molecule has 1 fully saturated rings. The second kappa shape index (κ2) is 7.23. The number of aliphatic hydroxyl groups is 1. The maximum atomic E-state index is 13.0. The summed E-state index contributed by atoms with van der Waals surface area (Å²) in [6.07, 6.45) is -0.0287. The zero-order valence-electron chi connectivity index (χ0n) is 13.8. The van der Waals surface area contributed by atoms with E-state index in [4.69, 9.17) is 9.84 Å². The second-order valence-corrected chi connectivity index (χ2v) is 6.36. The number of esters is 1. The number of carboxylic acids is 1. The van der Waals surface area contributed by atoms with E-state index in [1.807, 2.05) is 0 Å². The van der Waals surface area contributed by atoms with E-state index in [0.29, 0.717) is 5.56 Å². The first-order chi connectivity index (χ1) is 12.4. The first kappa shape index (κ1) is 18.0. The molecular weight excluding hydrogens is 341 g/mol. The van der Waals surface area contributed by atoms with Crippen molar-refractivity contribution in [1.82, 2.24) is 5.32 Å². The van der Waals surface area contributed by atoms with E-state index < -0.39 is 23.6 Å². The fourth-order valence-electron chi connectivity index (χ4n) is 2.85. The zero-order valence-corrected chi connectivity index (χ0v) is 13.8. The van der Waals surface area contributed by atoms with Crippen molar-refractivity contribution in [2.45, 2.75) is 18.1 Å². The van der Waals surface area contributed by atoms with Crippen molar-refractivity contribution < 1.29 is 28.9 Å². The van der Waals surface area contributed by atoms with Gasteiger partial charge >= 0.3 is 11.9 Å². The molecule has 0 saturated carbocycles. The number of aliphatic carboxylic acids is 1. The standard InChI is InChI=1S/C19H18FNO5/c20-15-7-5-13(6-8-15)12-1-3-14(4-2-12)18(24)26-11-19(25)9-16(17(22)23)21-10-19/h1-8,16,21,25H,9-11H2,(H,22,23)/t16-,19-/m0/s1. The molecule has 2 aromatic rings. The summed E-state index contributed by atoms with van der Waals surface area (Å²) in [6.45, 7) is -0.247. The molecule has 0 unspecified atom stereocenters. The van der Waals surface area contributed by atoms with Crippen LogP contribution in [0.5, 0.6) is 0 Å². The molecule has 0 amide bonds. The highest BCUT2D eigenvalue weighted by atomic mass is 19.1. The van der Waals surface area contributed by atoms with Crippen molar-refractivity contribution in [2.75, 3.05) is 13.2 Å². The highest BCUT2D eigenvalue weighted by molar-refractivity contribution is 5.90. The van der Waals surface area contributed by atoms with Gasteiger partial charge in [-0.1, -0.05) is 24.3 Å². The third-order valence-corrected chi connectivity index (χ3v) is 4.33. The molecule has 1 aliphatic rings. The van der Waals surface area contributed by atoms with E-state index in [2.05, 4.69) is 5.32 Å². The molecule has 0 aromatic heterocycles. The quantitative estimate of drug-likeness (QED) is 0.705. The van der Waals surface area contributed by atoms with Gasteiger partial charge in [0.05, 0.1) is 5.56 Å². The van der Waals surface area contributed by atoms with E-state index in [1.165, 1.54) is 12.1 Å². The van der Waals surface area contributed by atoms with E-state index in [9.17, 15) is 19.1 Å². The van der Waals surface area contributed by atoms with Crippen LogP contribution in [0.4, 0.5) is 4.39 Å². The molecule has 0 spiro atoms. The number of carboxylic acid groups (broad SMARTS) is 1. The number of rotatable bonds is 5. The van der Waals surface area contributed by atoms with Gasteiger partial charge in [-0.25, -0.2) is 9.18 Å². The van der Waals surface area contributed by atoms with Gasteiger partial charge in [0.2, 0.25) is 0 Å². The lowest BCUT2D eigenvalue weighted by Crippen LogP contribution is -2.37. The predicted molar refractivity (Wildman–Crippen MR) is 91.1 cm³/mol. The summed E-state index contributed by atoms with van der Waals surface area (Å²) in [7, 11) is 0. The van der Waals surface area contributed by atoms with Crippen molar-refractivity contribution in [3.8, 4) is 11.1 Å². The summed E-state index contributed by atoms with van der Waals surface area (Å²) in [4.78, 5) is 23.0. The van der Waals surface area contributed by atoms with E-state index in [1.54, 1.807) is 36.4 Å². The fourth-order valence-corrected chi connectivity index (χ4v) is 2.85. The number of carbonyl (C=O) groups is 2. The van der Waals surface area contributed by atoms with Crippen LogP contribution in [-0.2, 0) is 9.53 Å².